The zero-order chi connectivity index (χ0) is 12.1. The highest BCUT2D eigenvalue weighted by Crippen LogP contribution is 2.17. The van der Waals surface area contributed by atoms with Crippen LogP contribution in [0.15, 0.2) is 0 Å². The minimum absolute atomic E-state index is 0.526. The summed E-state index contributed by atoms with van der Waals surface area (Å²) in [5.41, 5.74) is 0. The normalized spacial score (nSPS) is 29.6. The van der Waals surface area contributed by atoms with Gasteiger partial charge in [-0.3, -0.25) is 4.90 Å². The highest BCUT2D eigenvalue weighted by molar-refractivity contribution is 4.89. The molecule has 1 saturated heterocycles. The van der Waals surface area contributed by atoms with Gasteiger partial charge in [0.2, 0.25) is 0 Å². The second-order valence-corrected chi connectivity index (χ2v) is 5.32. The van der Waals surface area contributed by atoms with Gasteiger partial charge in [-0.25, -0.2) is 0 Å². The first-order valence-corrected chi connectivity index (χ1v) is 6.58. The summed E-state index contributed by atoms with van der Waals surface area (Å²) in [6, 6.07) is 1.82. The smallest absolute Gasteiger partial charge is 0.0615 e. The lowest BCUT2D eigenvalue weighted by molar-refractivity contribution is 0.0328. The zero-order valence-electron chi connectivity index (χ0n) is 11.5. The molecule has 0 saturated carbocycles. The van der Waals surface area contributed by atoms with E-state index in [9.17, 15) is 0 Å². The highest BCUT2D eigenvalue weighted by Gasteiger charge is 2.30. The third-order valence-electron chi connectivity index (χ3n) is 3.74. The summed E-state index contributed by atoms with van der Waals surface area (Å²) in [6.07, 6.45) is 1.21. The van der Waals surface area contributed by atoms with Crippen molar-refractivity contribution in [3.63, 3.8) is 0 Å². The predicted molar refractivity (Wildman–Crippen MR) is 68.8 cm³/mol. The maximum atomic E-state index is 5.28. The molecule has 0 aromatic carbocycles. The predicted octanol–water partition coefficient (Wildman–Crippen LogP) is 1.73. The van der Waals surface area contributed by atoms with Gasteiger partial charge in [-0.1, -0.05) is 20.8 Å². The summed E-state index contributed by atoms with van der Waals surface area (Å²) >= 11 is 0. The van der Waals surface area contributed by atoms with Gasteiger partial charge in [0.05, 0.1) is 6.61 Å². The molecule has 0 aliphatic carbocycles. The molecule has 1 fully saturated rings. The van der Waals surface area contributed by atoms with Crippen molar-refractivity contribution < 1.29 is 4.74 Å². The van der Waals surface area contributed by atoms with Crippen LogP contribution in [-0.2, 0) is 4.74 Å². The Kier molecular flexibility index (Phi) is 5.73. The Bertz CT molecular complexity index is 196. The first-order chi connectivity index (χ1) is 7.60. The fraction of sp³-hybridized carbons (Fsp3) is 1.00. The largest absolute Gasteiger partial charge is 0.383 e. The van der Waals surface area contributed by atoms with E-state index < -0.39 is 0 Å². The molecule has 1 rings (SSSR count). The summed E-state index contributed by atoms with van der Waals surface area (Å²) in [5, 5.41) is 3.66. The molecule has 96 valence electrons. The van der Waals surface area contributed by atoms with Crippen molar-refractivity contribution in [2.45, 2.75) is 52.2 Å². The van der Waals surface area contributed by atoms with Crippen molar-refractivity contribution in [3.05, 3.63) is 0 Å². The minimum Gasteiger partial charge on any atom is -0.383 e. The van der Waals surface area contributed by atoms with E-state index in [1.807, 2.05) is 0 Å². The van der Waals surface area contributed by atoms with E-state index in [1.165, 1.54) is 6.42 Å². The Morgan fingerprint density at radius 2 is 2.06 bits per heavy atom. The molecule has 0 amide bonds. The molecule has 0 bridgehead atoms. The molecule has 0 aromatic heterocycles. The van der Waals surface area contributed by atoms with Gasteiger partial charge in [-0.15, -0.1) is 0 Å². The van der Waals surface area contributed by atoms with E-state index in [0.29, 0.717) is 24.0 Å². The molecule has 3 nitrogen and oxygen atoms in total. The monoisotopic (exact) mass is 228 g/mol. The van der Waals surface area contributed by atoms with Gasteiger partial charge in [0.15, 0.2) is 0 Å². The molecule has 1 N–H and O–H groups in total. The molecule has 0 radical (unpaired) electrons. The zero-order valence-corrected chi connectivity index (χ0v) is 11.5. The van der Waals surface area contributed by atoms with Crippen LogP contribution in [0.1, 0.15) is 34.1 Å². The number of hydrogen-bond acceptors (Lipinski definition) is 3. The van der Waals surface area contributed by atoms with Crippen molar-refractivity contribution in [1.82, 2.24) is 10.2 Å². The van der Waals surface area contributed by atoms with Gasteiger partial charge >= 0.3 is 0 Å². The molecule has 1 aliphatic rings. The van der Waals surface area contributed by atoms with Crippen molar-refractivity contribution in [1.29, 1.82) is 0 Å². The fourth-order valence-corrected chi connectivity index (χ4v) is 2.55. The Labute approximate surface area is 101 Å². The molecular formula is C13H28N2O. The van der Waals surface area contributed by atoms with Gasteiger partial charge in [-0.2, -0.15) is 0 Å². The van der Waals surface area contributed by atoms with E-state index in [0.717, 1.165) is 19.7 Å². The van der Waals surface area contributed by atoms with E-state index in [2.05, 4.69) is 37.9 Å². The molecule has 1 heterocycles. The number of piperazine rings is 1. The number of ether oxygens (including phenoxy) is 1. The summed E-state index contributed by atoms with van der Waals surface area (Å²) in [4.78, 5) is 2.62. The molecule has 3 unspecified atom stereocenters. The lowest BCUT2D eigenvalue weighted by Crippen LogP contribution is -2.60. The average molecular weight is 228 g/mol. The highest BCUT2D eigenvalue weighted by atomic mass is 16.5. The molecule has 3 heteroatoms. The van der Waals surface area contributed by atoms with Crippen molar-refractivity contribution in [2.24, 2.45) is 5.92 Å². The van der Waals surface area contributed by atoms with E-state index in [1.54, 1.807) is 7.11 Å². The number of nitrogens with zero attached hydrogens (tertiary/aromatic N) is 1. The van der Waals surface area contributed by atoms with Gasteiger partial charge in [0.1, 0.15) is 0 Å². The van der Waals surface area contributed by atoms with E-state index in [4.69, 9.17) is 4.74 Å². The topological polar surface area (TPSA) is 24.5 Å². The molecule has 0 spiro atoms. The first-order valence-electron chi connectivity index (χ1n) is 6.58. The first kappa shape index (κ1) is 13.9. The van der Waals surface area contributed by atoms with Crippen LogP contribution in [0, 0.1) is 5.92 Å². The van der Waals surface area contributed by atoms with Crippen LogP contribution in [0.5, 0.6) is 0 Å². The molecular weight excluding hydrogens is 200 g/mol. The number of methoxy groups -OCH3 is 1. The SMILES string of the molecule is CCC1CNC(C(C)C)CN1C(C)COC. The summed E-state index contributed by atoms with van der Waals surface area (Å²) in [5.74, 6) is 0.704. The molecule has 0 aromatic rings. The van der Waals surface area contributed by atoms with Crippen molar-refractivity contribution in [2.75, 3.05) is 26.8 Å². The number of rotatable bonds is 5. The summed E-state index contributed by atoms with van der Waals surface area (Å²) in [6.45, 7) is 12.2. The maximum Gasteiger partial charge on any atom is 0.0615 e. The van der Waals surface area contributed by atoms with Gasteiger partial charge in [0, 0.05) is 38.3 Å². The minimum atomic E-state index is 0.526. The van der Waals surface area contributed by atoms with Crippen LogP contribution in [0.2, 0.25) is 0 Å². The second kappa shape index (κ2) is 6.58. The third-order valence-corrected chi connectivity index (χ3v) is 3.74. The molecule has 3 atom stereocenters. The third kappa shape index (κ3) is 3.44. The van der Waals surface area contributed by atoms with Crippen LogP contribution < -0.4 is 5.32 Å². The lowest BCUT2D eigenvalue weighted by Gasteiger charge is -2.44. The fourth-order valence-electron chi connectivity index (χ4n) is 2.55. The Morgan fingerprint density at radius 3 is 2.56 bits per heavy atom. The number of nitrogens with one attached hydrogen (secondary N) is 1. The standard InChI is InChI=1S/C13H28N2O/c1-6-12-7-14-13(10(2)3)8-15(12)11(4)9-16-5/h10-14H,6-9H2,1-5H3. The van der Waals surface area contributed by atoms with Crippen LogP contribution >= 0.6 is 0 Å². The summed E-state index contributed by atoms with van der Waals surface area (Å²) in [7, 11) is 1.79. The van der Waals surface area contributed by atoms with Crippen LogP contribution in [0.4, 0.5) is 0 Å². The summed E-state index contributed by atoms with van der Waals surface area (Å²) < 4.78 is 5.28. The maximum absolute atomic E-state index is 5.28. The van der Waals surface area contributed by atoms with E-state index >= 15 is 0 Å². The van der Waals surface area contributed by atoms with E-state index in [-0.39, 0.29) is 0 Å². The number of hydrogen-bond donors (Lipinski definition) is 1. The van der Waals surface area contributed by atoms with Crippen LogP contribution in [0.25, 0.3) is 0 Å². The Balaban J connectivity index is 2.59. The molecule has 1 aliphatic heterocycles. The second-order valence-electron chi connectivity index (χ2n) is 5.32. The van der Waals surface area contributed by atoms with Gasteiger partial charge in [0.25, 0.3) is 0 Å². The van der Waals surface area contributed by atoms with Gasteiger partial charge in [-0.05, 0) is 19.3 Å². The van der Waals surface area contributed by atoms with Crippen LogP contribution in [0.3, 0.4) is 0 Å². The lowest BCUT2D eigenvalue weighted by atomic mass is 9.97. The Hall–Kier alpha value is -0.120. The Morgan fingerprint density at radius 1 is 1.38 bits per heavy atom. The van der Waals surface area contributed by atoms with Crippen molar-refractivity contribution >= 4 is 0 Å². The van der Waals surface area contributed by atoms with Crippen molar-refractivity contribution in [3.8, 4) is 0 Å². The van der Waals surface area contributed by atoms with Gasteiger partial charge < -0.3 is 10.1 Å². The molecule has 16 heavy (non-hydrogen) atoms. The quantitative estimate of drug-likeness (QED) is 0.775. The van der Waals surface area contributed by atoms with Crippen LogP contribution in [-0.4, -0.2) is 49.8 Å². The average Bonchev–Trinajstić information content (AvgIpc) is 2.28.